The van der Waals surface area contributed by atoms with Crippen molar-refractivity contribution in [1.29, 1.82) is 0 Å². The second-order valence-electron chi connectivity index (χ2n) is 6.96. The van der Waals surface area contributed by atoms with Crippen molar-refractivity contribution in [2.45, 2.75) is 72.3 Å². The molecule has 0 amide bonds. The van der Waals surface area contributed by atoms with Gasteiger partial charge in [0.25, 0.3) is 0 Å². The van der Waals surface area contributed by atoms with Gasteiger partial charge >= 0.3 is 0 Å². The van der Waals surface area contributed by atoms with Gasteiger partial charge in [-0.2, -0.15) is 0 Å². The van der Waals surface area contributed by atoms with Gasteiger partial charge in [-0.3, -0.25) is 0 Å². The van der Waals surface area contributed by atoms with Crippen LogP contribution < -0.4 is 5.32 Å². The van der Waals surface area contributed by atoms with Crippen LogP contribution in [0.15, 0.2) is 0 Å². The fourth-order valence-corrected chi connectivity index (χ4v) is 4.25. The Kier molecular flexibility index (Phi) is 7.38. The summed E-state index contributed by atoms with van der Waals surface area (Å²) in [5.41, 5.74) is 0.539. The number of nitrogens with one attached hydrogen (secondary N) is 1. The first kappa shape index (κ1) is 17.0. The van der Waals surface area contributed by atoms with Gasteiger partial charge in [-0.15, -0.1) is 0 Å². The third-order valence-electron chi connectivity index (χ3n) is 4.84. The van der Waals surface area contributed by atoms with Crippen molar-refractivity contribution in [2.75, 3.05) is 20.3 Å². The zero-order valence-electron chi connectivity index (χ0n) is 13.8. The van der Waals surface area contributed by atoms with Gasteiger partial charge in [-0.25, -0.2) is 0 Å². The van der Waals surface area contributed by atoms with Crippen LogP contribution in [0.5, 0.6) is 0 Å². The lowest BCUT2D eigenvalue weighted by Crippen LogP contribution is -2.49. The van der Waals surface area contributed by atoms with Crippen LogP contribution in [0.4, 0.5) is 0 Å². The van der Waals surface area contributed by atoms with Crippen LogP contribution in [-0.2, 0) is 4.74 Å². The van der Waals surface area contributed by atoms with E-state index in [4.69, 9.17) is 4.74 Å². The SMILES string of the molecule is CCNC(C(C)CCOC)C1(CC(C)C)CCCC1. The Morgan fingerprint density at radius 2 is 1.79 bits per heavy atom. The molecule has 114 valence electrons. The minimum Gasteiger partial charge on any atom is -0.385 e. The molecule has 0 aliphatic heterocycles. The molecule has 0 radical (unpaired) electrons. The van der Waals surface area contributed by atoms with E-state index in [1.165, 1.54) is 38.5 Å². The summed E-state index contributed by atoms with van der Waals surface area (Å²) in [4.78, 5) is 0. The van der Waals surface area contributed by atoms with Crippen LogP contribution in [0.1, 0.15) is 66.2 Å². The van der Waals surface area contributed by atoms with Gasteiger partial charge in [0, 0.05) is 19.8 Å². The molecule has 1 aliphatic rings. The molecule has 1 N–H and O–H groups in total. The van der Waals surface area contributed by atoms with E-state index in [1.54, 1.807) is 0 Å². The fourth-order valence-electron chi connectivity index (χ4n) is 4.25. The minimum atomic E-state index is 0.539. The van der Waals surface area contributed by atoms with E-state index in [2.05, 4.69) is 33.0 Å². The predicted molar refractivity (Wildman–Crippen MR) is 83.5 cm³/mol. The van der Waals surface area contributed by atoms with Crippen LogP contribution in [0.3, 0.4) is 0 Å². The van der Waals surface area contributed by atoms with Crippen molar-refractivity contribution < 1.29 is 4.74 Å². The highest BCUT2D eigenvalue weighted by molar-refractivity contribution is 4.97. The number of ether oxygens (including phenoxy) is 1. The van der Waals surface area contributed by atoms with Crippen LogP contribution in [0.2, 0.25) is 0 Å². The van der Waals surface area contributed by atoms with E-state index in [1.807, 2.05) is 7.11 Å². The Hall–Kier alpha value is -0.0800. The third-order valence-corrected chi connectivity index (χ3v) is 4.84. The monoisotopic (exact) mass is 269 g/mol. The molecule has 1 aliphatic carbocycles. The Morgan fingerprint density at radius 1 is 1.16 bits per heavy atom. The van der Waals surface area contributed by atoms with Gasteiger partial charge in [0.2, 0.25) is 0 Å². The summed E-state index contributed by atoms with van der Waals surface area (Å²) in [6.07, 6.45) is 8.23. The second kappa shape index (κ2) is 8.26. The first-order valence-electron chi connectivity index (χ1n) is 8.28. The van der Waals surface area contributed by atoms with Crippen LogP contribution in [-0.4, -0.2) is 26.3 Å². The van der Waals surface area contributed by atoms with Gasteiger partial charge in [0.05, 0.1) is 0 Å². The van der Waals surface area contributed by atoms with Crippen molar-refractivity contribution in [3.05, 3.63) is 0 Å². The fraction of sp³-hybridized carbons (Fsp3) is 1.00. The highest BCUT2D eigenvalue weighted by atomic mass is 16.5. The van der Waals surface area contributed by atoms with Gasteiger partial charge in [-0.1, -0.05) is 40.5 Å². The molecule has 1 fully saturated rings. The molecule has 19 heavy (non-hydrogen) atoms. The maximum absolute atomic E-state index is 5.29. The summed E-state index contributed by atoms with van der Waals surface area (Å²) in [7, 11) is 1.81. The molecule has 0 bridgehead atoms. The molecule has 0 aromatic rings. The van der Waals surface area contributed by atoms with E-state index in [0.717, 1.165) is 19.1 Å². The third kappa shape index (κ3) is 4.75. The predicted octanol–water partition coefficient (Wildman–Crippen LogP) is 4.24. The molecule has 2 unspecified atom stereocenters. The molecule has 0 saturated heterocycles. The van der Waals surface area contributed by atoms with Gasteiger partial charge in [-0.05, 0) is 49.5 Å². The average molecular weight is 269 g/mol. The molecule has 1 rings (SSSR count). The van der Waals surface area contributed by atoms with Crippen LogP contribution in [0, 0.1) is 17.3 Å². The molecule has 0 spiro atoms. The summed E-state index contributed by atoms with van der Waals surface area (Å²) in [6, 6.07) is 0.664. The van der Waals surface area contributed by atoms with Crippen molar-refractivity contribution in [2.24, 2.45) is 17.3 Å². The molecule has 2 nitrogen and oxygen atoms in total. The second-order valence-corrected chi connectivity index (χ2v) is 6.96. The lowest BCUT2D eigenvalue weighted by atomic mass is 9.68. The first-order valence-corrected chi connectivity index (χ1v) is 8.28. The van der Waals surface area contributed by atoms with E-state index in [-0.39, 0.29) is 0 Å². The number of hydrogen-bond donors (Lipinski definition) is 1. The quantitative estimate of drug-likeness (QED) is 0.676. The Morgan fingerprint density at radius 3 is 2.26 bits per heavy atom. The Labute approximate surface area is 120 Å². The minimum absolute atomic E-state index is 0.539. The highest BCUT2D eigenvalue weighted by Crippen LogP contribution is 2.48. The van der Waals surface area contributed by atoms with E-state index >= 15 is 0 Å². The summed E-state index contributed by atoms with van der Waals surface area (Å²) >= 11 is 0. The lowest BCUT2D eigenvalue weighted by Gasteiger charge is -2.43. The zero-order valence-corrected chi connectivity index (χ0v) is 13.8. The van der Waals surface area contributed by atoms with Crippen molar-refractivity contribution in [3.63, 3.8) is 0 Å². The maximum atomic E-state index is 5.29. The first-order chi connectivity index (χ1) is 9.05. The molecule has 0 heterocycles. The summed E-state index contributed by atoms with van der Waals surface area (Å²) in [5.74, 6) is 1.51. The van der Waals surface area contributed by atoms with Crippen molar-refractivity contribution in [1.82, 2.24) is 5.32 Å². The van der Waals surface area contributed by atoms with Crippen molar-refractivity contribution >= 4 is 0 Å². The molecule has 0 aromatic carbocycles. The average Bonchev–Trinajstić information content (AvgIpc) is 2.81. The Balaban J connectivity index is 2.79. The van der Waals surface area contributed by atoms with E-state index in [9.17, 15) is 0 Å². The van der Waals surface area contributed by atoms with Gasteiger partial charge in [0.1, 0.15) is 0 Å². The largest absolute Gasteiger partial charge is 0.385 e. The van der Waals surface area contributed by atoms with E-state index < -0.39 is 0 Å². The standard InChI is InChI=1S/C17H35NO/c1-6-18-16(15(4)9-12-19-5)17(13-14(2)3)10-7-8-11-17/h14-16,18H,6-13H2,1-5H3. The molecule has 2 heteroatoms. The van der Waals surface area contributed by atoms with Crippen LogP contribution >= 0.6 is 0 Å². The molecule has 0 aromatic heterocycles. The molecule has 1 saturated carbocycles. The zero-order chi connectivity index (χ0) is 14.3. The van der Waals surface area contributed by atoms with Gasteiger partial charge < -0.3 is 10.1 Å². The Bertz CT molecular complexity index is 233. The summed E-state index contributed by atoms with van der Waals surface area (Å²) in [5, 5.41) is 3.82. The smallest absolute Gasteiger partial charge is 0.0465 e. The number of hydrogen-bond acceptors (Lipinski definition) is 2. The lowest BCUT2D eigenvalue weighted by molar-refractivity contribution is 0.0944. The molecular formula is C17H35NO. The molecule has 2 atom stereocenters. The molecular weight excluding hydrogens is 234 g/mol. The highest BCUT2D eigenvalue weighted by Gasteiger charge is 2.43. The van der Waals surface area contributed by atoms with E-state index in [0.29, 0.717) is 17.4 Å². The van der Waals surface area contributed by atoms with Crippen LogP contribution in [0.25, 0.3) is 0 Å². The summed E-state index contributed by atoms with van der Waals surface area (Å²) in [6.45, 7) is 11.4. The number of methoxy groups -OCH3 is 1. The summed E-state index contributed by atoms with van der Waals surface area (Å²) < 4.78 is 5.29. The topological polar surface area (TPSA) is 21.3 Å². The number of rotatable bonds is 9. The van der Waals surface area contributed by atoms with Gasteiger partial charge in [0.15, 0.2) is 0 Å². The van der Waals surface area contributed by atoms with Crippen molar-refractivity contribution in [3.8, 4) is 0 Å². The normalized spacial score (nSPS) is 21.8. The maximum Gasteiger partial charge on any atom is 0.0465 e.